The Labute approximate surface area is 172 Å². The molecule has 2 aromatic carbocycles. The zero-order valence-corrected chi connectivity index (χ0v) is 17.3. The van der Waals surface area contributed by atoms with E-state index in [2.05, 4.69) is 0 Å². The van der Waals surface area contributed by atoms with Gasteiger partial charge in [-0.3, -0.25) is 0 Å². The SMILES string of the molecule is COC(=O)c1cc(C(c2cc(C(=O)OC)c(O)cc2C)C(Cl)Cl)c(C)cc1O. The molecule has 2 rings (SSSR count). The number of aromatic hydroxyl groups is 2. The Hall–Kier alpha value is -2.44. The molecular weight excluding hydrogens is 407 g/mol. The number of aryl methyl sites for hydroxylation is 2. The highest BCUT2D eigenvalue weighted by Gasteiger charge is 2.29. The second kappa shape index (κ2) is 8.71. The summed E-state index contributed by atoms with van der Waals surface area (Å²) >= 11 is 12.6. The maximum atomic E-state index is 12.0. The minimum Gasteiger partial charge on any atom is -0.507 e. The summed E-state index contributed by atoms with van der Waals surface area (Å²) in [5.74, 6) is -2.54. The third kappa shape index (κ3) is 4.18. The van der Waals surface area contributed by atoms with Gasteiger partial charge >= 0.3 is 11.9 Å². The molecular formula is C20H20Cl2O6. The van der Waals surface area contributed by atoms with Crippen LogP contribution in [0.15, 0.2) is 24.3 Å². The van der Waals surface area contributed by atoms with Crippen molar-refractivity contribution in [2.24, 2.45) is 0 Å². The van der Waals surface area contributed by atoms with Crippen molar-refractivity contribution in [3.05, 3.63) is 57.6 Å². The van der Waals surface area contributed by atoms with Crippen LogP contribution in [0.1, 0.15) is 48.9 Å². The van der Waals surface area contributed by atoms with Crippen molar-refractivity contribution in [2.75, 3.05) is 14.2 Å². The molecule has 0 heterocycles. The van der Waals surface area contributed by atoms with Gasteiger partial charge in [0.1, 0.15) is 27.5 Å². The number of carbonyl (C=O) groups excluding carboxylic acids is 2. The third-order valence-corrected chi connectivity index (χ3v) is 5.01. The van der Waals surface area contributed by atoms with E-state index in [1.54, 1.807) is 13.8 Å². The Morgan fingerprint density at radius 1 is 0.821 bits per heavy atom. The van der Waals surface area contributed by atoms with Crippen LogP contribution in [0, 0.1) is 13.8 Å². The fraction of sp³-hybridized carbons (Fsp3) is 0.300. The first-order valence-corrected chi connectivity index (χ1v) is 9.11. The molecule has 8 heteroatoms. The molecule has 0 aliphatic carbocycles. The average Bonchev–Trinajstić information content (AvgIpc) is 2.63. The molecule has 0 amide bonds. The van der Waals surface area contributed by atoms with Crippen LogP contribution >= 0.6 is 23.2 Å². The van der Waals surface area contributed by atoms with Gasteiger partial charge in [0, 0.05) is 5.92 Å². The number of hydrogen-bond acceptors (Lipinski definition) is 6. The summed E-state index contributed by atoms with van der Waals surface area (Å²) in [6.45, 7) is 3.46. The predicted octanol–water partition coefficient (Wildman–Crippen LogP) is 4.22. The van der Waals surface area contributed by atoms with Crippen molar-refractivity contribution in [3.63, 3.8) is 0 Å². The van der Waals surface area contributed by atoms with Gasteiger partial charge in [-0.25, -0.2) is 9.59 Å². The van der Waals surface area contributed by atoms with E-state index in [9.17, 15) is 19.8 Å². The lowest BCUT2D eigenvalue weighted by molar-refractivity contribution is 0.0588. The van der Waals surface area contributed by atoms with E-state index in [4.69, 9.17) is 32.7 Å². The van der Waals surface area contributed by atoms with E-state index in [0.29, 0.717) is 22.3 Å². The second-order valence-electron chi connectivity index (χ2n) is 6.25. The van der Waals surface area contributed by atoms with E-state index >= 15 is 0 Å². The Morgan fingerprint density at radius 3 is 1.46 bits per heavy atom. The van der Waals surface area contributed by atoms with Gasteiger partial charge in [-0.15, -0.1) is 23.2 Å². The van der Waals surface area contributed by atoms with Crippen molar-refractivity contribution in [3.8, 4) is 11.5 Å². The summed E-state index contributed by atoms with van der Waals surface area (Å²) in [5, 5.41) is 20.2. The molecule has 6 nitrogen and oxygen atoms in total. The molecule has 0 saturated carbocycles. The summed E-state index contributed by atoms with van der Waals surface area (Å²) in [6, 6.07) is 5.76. The summed E-state index contributed by atoms with van der Waals surface area (Å²) in [7, 11) is 2.41. The first-order chi connectivity index (χ1) is 13.1. The number of phenolic OH excluding ortho intramolecular Hbond substituents is 2. The average molecular weight is 427 g/mol. The van der Waals surface area contributed by atoms with Crippen molar-refractivity contribution in [2.45, 2.75) is 24.6 Å². The van der Waals surface area contributed by atoms with Crippen LogP contribution in [-0.2, 0) is 9.47 Å². The van der Waals surface area contributed by atoms with Crippen LogP contribution in [0.25, 0.3) is 0 Å². The van der Waals surface area contributed by atoms with E-state index in [1.165, 1.54) is 38.5 Å². The largest absolute Gasteiger partial charge is 0.507 e. The monoisotopic (exact) mass is 426 g/mol. The van der Waals surface area contributed by atoms with Gasteiger partial charge in [0.15, 0.2) is 0 Å². The van der Waals surface area contributed by atoms with Crippen molar-refractivity contribution in [1.82, 2.24) is 0 Å². The summed E-state index contributed by atoms with van der Waals surface area (Å²) in [6.07, 6.45) is 0. The molecule has 0 radical (unpaired) electrons. The van der Waals surface area contributed by atoms with Gasteiger partial charge in [0.05, 0.1) is 14.2 Å². The summed E-state index contributed by atoms with van der Waals surface area (Å²) < 4.78 is 9.41. The normalized spacial score (nSPS) is 11.0. The van der Waals surface area contributed by atoms with Crippen molar-refractivity contribution < 1.29 is 29.3 Å². The number of hydrogen-bond donors (Lipinski definition) is 2. The molecule has 0 spiro atoms. The predicted molar refractivity (Wildman–Crippen MR) is 106 cm³/mol. The van der Waals surface area contributed by atoms with Crippen LogP contribution in [0.4, 0.5) is 0 Å². The lowest BCUT2D eigenvalue weighted by Crippen LogP contribution is -2.15. The molecule has 0 aliphatic heterocycles. The quantitative estimate of drug-likeness (QED) is 0.548. The van der Waals surface area contributed by atoms with Crippen LogP contribution in [0.5, 0.6) is 11.5 Å². The van der Waals surface area contributed by atoms with E-state index < -0.39 is 22.7 Å². The Morgan fingerprint density at radius 2 is 1.18 bits per heavy atom. The zero-order chi connectivity index (χ0) is 21.2. The molecule has 0 unspecified atom stereocenters. The lowest BCUT2D eigenvalue weighted by Gasteiger charge is -2.24. The third-order valence-electron chi connectivity index (χ3n) is 4.50. The molecule has 0 aliphatic rings. The Balaban J connectivity index is 2.74. The van der Waals surface area contributed by atoms with Crippen LogP contribution in [0.2, 0.25) is 0 Å². The molecule has 0 atom stereocenters. The Kier molecular flexibility index (Phi) is 6.80. The maximum absolute atomic E-state index is 12.0. The minimum absolute atomic E-state index is 0.0355. The van der Waals surface area contributed by atoms with Gasteiger partial charge < -0.3 is 19.7 Å². The number of carbonyl (C=O) groups is 2. The topological polar surface area (TPSA) is 93.1 Å². The van der Waals surface area contributed by atoms with Gasteiger partial charge in [-0.1, -0.05) is 0 Å². The van der Waals surface area contributed by atoms with Crippen LogP contribution in [0.3, 0.4) is 0 Å². The number of ether oxygens (including phenoxy) is 2. The first-order valence-electron chi connectivity index (χ1n) is 8.24. The van der Waals surface area contributed by atoms with Gasteiger partial charge in [-0.05, 0) is 60.4 Å². The van der Waals surface area contributed by atoms with E-state index in [1.807, 2.05) is 0 Å². The molecule has 150 valence electrons. The standard InChI is InChI=1S/C20H20Cl2O6/c1-9-5-15(23)13(19(25)27-3)7-11(9)17(18(21)22)12-8-14(20(26)28-4)16(24)6-10(12)2/h5-8,17-18,23-24H,1-4H3. The van der Waals surface area contributed by atoms with Gasteiger partial charge in [-0.2, -0.15) is 0 Å². The highest BCUT2D eigenvalue weighted by molar-refractivity contribution is 6.45. The van der Waals surface area contributed by atoms with Gasteiger partial charge in [0.2, 0.25) is 0 Å². The molecule has 0 fully saturated rings. The maximum Gasteiger partial charge on any atom is 0.341 e. The van der Waals surface area contributed by atoms with E-state index in [-0.39, 0.29) is 22.6 Å². The molecule has 0 bridgehead atoms. The molecule has 28 heavy (non-hydrogen) atoms. The van der Waals surface area contributed by atoms with Crippen molar-refractivity contribution >= 4 is 35.1 Å². The van der Waals surface area contributed by atoms with E-state index in [0.717, 1.165) is 0 Å². The lowest BCUT2D eigenvalue weighted by atomic mass is 9.85. The van der Waals surface area contributed by atoms with Crippen LogP contribution < -0.4 is 0 Å². The number of alkyl halides is 2. The molecule has 0 saturated heterocycles. The summed E-state index contributed by atoms with van der Waals surface area (Å²) in [5.41, 5.74) is 2.33. The fourth-order valence-corrected chi connectivity index (χ4v) is 3.62. The van der Waals surface area contributed by atoms with Crippen molar-refractivity contribution in [1.29, 1.82) is 0 Å². The first kappa shape index (κ1) is 21.9. The fourth-order valence-electron chi connectivity index (χ4n) is 3.07. The number of methoxy groups -OCH3 is 2. The Bertz CT molecular complexity index is 852. The van der Waals surface area contributed by atoms with Crippen LogP contribution in [-0.4, -0.2) is 41.2 Å². The number of esters is 2. The minimum atomic E-state index is -0.956. The highest BCUT2D eigenvalue weighted by Crippen LogP contribution is 2.40. The number of rotatable bonds is 5. The second-order valence-corrected chi connectivity index (χ2v) is 7.41. The molecule has 0 aromatic heterocycles. The number of halogens is 2. The molecule has 2 aromatic rings. The highest BCUT2D eigenvalue weighted by atomic mass is 35.5. The number of benzene rings is 2. The van der Waals surface area contributed by atoms with Gasteiger partial charge in [0.25, 0.3) is 0 Å². The smallest absolute Gasteiger partial charge is 0.341 e. The zero-order valence-electron chi connectivity index (χ0n) is 15.7. The number of phenols is 2. The molecule has 2 N–H and O–H groups in total. The summed E-state index contributed by atoms with van der Waals surface area (Å²) in [4.78, 5) is 23.0.